The Morgan fingerprint density at radius 3 is 2.55 bits per heavy atom. The van der Waals surface area contributed by atoms with E-state index in [9.17, 15) is 4.39 Å². The summed E-state index contributed by atoms with van der Waals surface area (Å²) in [5.74, 6) is -0.0577. The van der Waals surface area contributed by atoms with Crippen LogP contribution in [-0.4, -0.2) is 19.1 Å². The van der Waals surface area contributed by atoms with E-state index in [-0.39, 0.29) is 5.82 Å². The Hall–Kier alpha value is -1.09. The Morgan fingerprint density at radius 1 is 1.05 bits per heavy atom. The lowest BCUT2D eigenvalue weighted by Gasteiger charge is -2.26. The van der Waals surface area contributed by atoms with Crippen LogP contribution >= 0.6 is 0 Å². The molecule has 1 heterocycles. The molecular formula is C17H25FN2. The van der Waals surface area contributed by atoms with Crippen molar-refractivity contribution in [2.45, 2.75) is 57.5 Å². The fourth-order valence-corrected chi connectivity index (χ4v) is 3.53. The molecule has 0 bridgehead atoms. The number of hydrogen-bond acceptors (Lipinski definition) is 2. The third kappa shape index (κ3) is 3.14. The molecule has 2 aliphatic rings. The van der Waals surface area contributed by atoms with E-state index in [4.69, 9.17) is 0 Å². The standard InChI is InChI=1S/C17H25FN2/c18-16-9-6-10-17(20-11-4-5-12-20)15(16)13-19-14-7-2-1-3-8-14/h6,9-10,14,19H,1-5,7-8,11-13H2. The molecule has 2 fully saturated rings. The van der Waals surface area contributed by atoms with Crippen LogP contribution < -0.4 is 10.2 Å². The van der Waals surface area contributed by atoms with Crippen LogP contribution in [0.4, 0.5) is 10.1 Å². The number of halogens is 1. The first-order valence-corrected chi connectivity index (χ1v) is 8.10. The minimum Gasteiger partial charge on any atom is -0.371 e. The van der Waals surface area contributed by atoms with Crippen LogP contribution in [0.25, 0.3) is 0 Å². The molecule has 20 heavy (non-hydrogen) atoms. The topological polar surface area (TPSA) is 15.3 Å². The lowest BCUT2D eigenvalue weighted by molar-refractivity contribution is 0.370. The van der Waals surface area contributed by atoms with E-state index in [1.807, 2.05) is 6.07 Å². The second-order valence-electron chi connectivity index (χ2n) is 6.15. The Bertz CT molecular complexity index is 435. The fourth-order valence-electron chi connectivity index (χ4n) is 3.53. The number of benzene rings is 1. The first-order chi connectivity index (χ1) is 9.84. The maximum atomic E-state index is 14.2. The molecule has 1 aromatic rings. The quantitative estimate of drug-likeness (QED) is 0.898. The maximum absolute atomic E-state index is 14.2. The summed E-state index contributed by atoms with van der Waals surface area (Å²) in [7, 11) is 0. The van der Waals surface area contributed by atoms with Gasteiger partial charge in [0.05, 0.1) is 0 Å². The number of hydrogen-bond donors (Lipinski definition) is 1. The monoisotopic (exact) mass is 276 g/mol. The van der Waals surface area contributed by atoms with Crippen molar-refractivity contribution >= 4 is 5.69 Å². The SMILES string of the molecule is Fc1cccc(N2CCCC2)c1CNC1CCCCC1. The van der Waals surface area contributed by atoms with Gasteiger partial charge in [-0.15, -0.1) is 0 Å². The van der Waals surface area contributed by atoms with Crippen LogP contribution in [-0.2, 0) is 6.54 Å². The van der Waals surface area contributed by atoms with Crippen molar-refractivity contribution < 1.29 is 4.39 Å². The van der Waals surface area contributed by atoms with Crippen LogP contribution in [0.15, 0.2) is 18.2 Å². The summed E-state index contributed by atoms with van der Waals surface area (Å²) in [6.07, 6.45) is 8.93. The van der Waals surface area contributed by atoms with Crippen molar-refractivity contribution in [3.05, 3.63) is 29.6 Å². The number of nitrogens with zero attached hydrogens (tertiary/aromatic N) is 1. The largest absolute Gasteiger partial charge is 0.371 e. The second-order valence-corrected chi connectivity index (χ2v) is 6.15. The molecular weight excluding hydrogens is 251 g/mol. The van der Waals surface area contributed by atoms with Crippen molar-refractivity contribution in [2.24, 2.45) is 0 Å². The molecule has 110 valence electrons. The van der Waals surface area contributed by atoms with Gasteiger partial charge in [0.15, 0.2) is 0 Å². The normalized spacial score (nSPS) is 20.6. The smallest absolute Gasteiger partial charge is 0.129 e. The van der Waals surface area contributed by atoms with E-state index in [2.05, 4.69) is 16.3 Å². The molecule has 1 aliphatic carbocycles. The molecule has 0 spiro atoms. The average Bonchev–Trinajstić information content (AvgIpc) is 3.01. The molecule has 2 nitrogen and oxygen atoms in total. The summed E-state index contributed by atoms with van der Waals surface area (Å²) in [5.41, 5.74) is 1.96. The summed E-state index contributed by atoms with van der Waals surface area (Å²) in [6, 6.07) is 6.09. The molecule has 1 aliphatic heterocycles. The molecule has 0 radical (unpaired) electrons. The van der Waals surface area contributed by atoms with E-state index < -0.39 is 0 Å². The van der Waals surface area contributed by atoms with Crippen LogP contribution in [0.2, 0.25) is 0 Å². The Morgan fingerprint density at radius 2 is 1.80 bits per heavy atom. The minimum absolute atomic E-state index is 0.0577. The van der Waals surface area contributed by atoms with Gasteiger partial charge in [-0.1, -0.05) is 25.3 Å². The summed E-state index contributed by atoms with van der Waals surface area (Å²) >= 11 is 0. The summed E-state index contributed by atoms with van der Waals surface area (Å²) in [5, 5.41) is 3.58. The van der Waals surface area contributed by atoms with Gasteiger partial charge in [0.25, 0.3) is 0 Å². The minimum atomic E-state index is -0.0577. The highest BCUT2D eigenvalue weighted by molar-refractivity contribution is 5.54. The highest BCUT2D eigenvalue weighted by Crippen LogP contribution is 2.27. The lowest BCUT2D eigenvalue weighted by Crippen LogP contribution is -2.31. The van der Waals surface area contributed by atoms with E-state index >= 15 is 0 Å². The Labute approximate surface area is 121 Å². The number of anilines is 1. The summed E-state index contributed by atoms with van der Waals surface area (Å²) in [4.78, 5) is 2.33. The maximum Gasteiger partial charge on any atom is 0.129 e. The fraction of sp³-hybridized carbons (Fsp3) is 0.647. The van der Waals surface area contributed by atoms with E-state index in [1.54, 1.807) is 6.07 Å². The molecule has 1 saturated heterocycles. The predicted molar refractivity (Wildman–Crippen MR) is 81.6 cm³/mol. The zero-order chi connectivity index (χ0) is 13.8. The van der Waals surface area contributed by atoms with E-state index in [1.165, 1.54) is 44.9 Å². The van der Waals surface area contributed by atoms with Gasteiger partial charge < -0.3 is 10.2 Å². The van der Waals surface area contributed by atoms with E-state index in [0.717, 1.165) is 24.3 Å². The first kappa shape index (κ1) is 13.9. The van der Waals surface area contributed by atoms with Crippen molar-refractivity contribution in [3.63, 3.8) is 0 Å². The van der Waals surface area contributed by atoms with Gasteiger partial charge in [-0.3, -0.25) is 0 Å². The van der Waals surface area contributed by atoms with Gasteiger partial charge in [0, 0.05) is 36.9 Å². The Balaban J connectivity index is 1.70. The molecule has 1 saturated carbocycles. The van der Waals surface area contributed by atoms with Gasteiger partial charge in [0.1, 0.15) is 5.82 Å². The molecule has 3 heteroatoms. The van der Waals surface area contributed by atoms with Gasteiger partial charge in [-0.05, 0) is 37.8 Å². The molecule has 0 aromatic heterocycles. The predicted octanol–water partition coefficient (Wildman–Crippen LogP) is 3.85. The molecule has 0 amide bonds. The van der Waals surface area contributed by atoms with Crippen LogP contribution in [0.5, 0.6) is 0 Å². The number of rotatable bonds is 4. The summed E-state index contributed by atoms with van der Waals surface area (Å²) in [6.45, 7) is 2.81. The van der Waals surface area contributed by atoms with Gasteiger partial charge in [-0.25, -0.2) is 4.39 Å². The molecule has 1 N–H and O–H groups in total. The second kappa shape index (κ2) is 6.57. The van der Waals surface area contributed by atoms with Crippen LogP contribution in [0, 0.1) is 5.82 Å². The first-order valence-electron chi connectivity index (χ1n) is 8.10. The third-order valence-electron chi connectivity index (χ3n) is 4.71. The average molecular weight is 276 g/mol. The lowest BCUT2D eigenvalue weighted by atomic mass is 9.95. The van der Waals surface area contributed by atoms with E-state index in [0.29, 0.717) is 12.6 Å². The summed E-state index contributed by atoms with van der Waals surface area (Å²) < 4.78 is 14.2. The van der Waals surface area contributed by atoms with Crippen molar-refractivity contribution in [1.29, 1.82) is 0 Å². The zero-order valence-corrected chi connectivity index (χ0v) is 12.2. The van der Waals surface area contributed by atoms with Crippen molar-refractivity contribution in [2.75, 3.05) is 18.0 Å². The van der Waals surface area contributed by atoms with Gasteiger partial charge >= 0.3 is 0 Å². The van der Waals surface area contributed by atoms with Gasteiger partial charge in [0.2, 0.25) is 0 Å². The van der Waals surface area contributed by atoms with Crippen molar-refractivity contribution in [3.8, 4) is 0 Å². The molecule has 0 atom stereocenters. The van der Waals surface area contributed by atoms with Crippen LogP contribution in [0.1, 0.15) is 50.5 Å². The van der Waals surface area contributed by atoms with Gasteiger partial charge in [-0.2, -0.15) is 0 Å². The molecule has 1 aromatic carbocycles. The molecule has 0 unspecified atom stereocenters. The molecule has 3 rings (SSSR count). The zero-order valence-electron chi connectivity index (χ0n) is 12.2. The highest BCUT2D eigenvalue weighted by Gasteiger charge is 2.19. The third-order valence-corrected chi connectivity index (χ3v) is 4.71. The number of nitrogens with one attached hydrogen (secondary N) is 1. The highest BCUT2D eigenvalue weighted by atomic mass is 19.1. The van der Waals surface area contributed by atoms with Crippen molar-refractivity contribution in [1.82, 2.24) is 5.32 Å². The Kier molecular flexibility index (Phi) is 4.56. The van der Waals surface area contributed by atoms with Crippen LogP contribution in [0.3, 0.4) is 0 Å².